The van der Waals surface area contributed by atoms with Crippen molar-refractivity contribution < 1.29 is 27.4 Å². The number of hydrogen-bond donors (Lipinski definition) is 2. The van der Waals surface area contributed by atoms with Crippen LogP contribution in [0.2, 0.25) is 0 Å². The van der Waals surface area contributed by atoms with Crippen LogP contribution in [0.3, 0.4) is 0 Å². The Labute approximate surface area is 183 Å². The summed E-state index contributed by atoms with van der Waals surface area (Å²) in [7, 11) is 0. The number of alkyl halides is 3. The summed E-state index contributed by atoms with van der Waals surface area (Å²) in [5.74, 6) is 1.50. The van der Waals surface area contributed by atoms with Gasteiger partial charge in [-0.3, -0.25) is 0 Å². The molecule has 1 aliphatic rings. The molecule has 6 nitrogen and oxygen atoms in total. The van der Waals surface area contributed by atoms with Crippen molar-refractivity contribution in [2.75, 3.05) is 25.1 Å². The maximum atomic E-state index is 12.4. The van der Waals surface area contributed by atoms with Gasteiger partial charge in [0, 0.05) is 23.7 Å². The lowest BCUT2D eigenvalue weighted by Crippen LogP contribution is -2.23. The second-order valence-electron chi connectivity index (χ2n) is 6.05. The van der Waals surface area contributed by atoms with Crippen LogP contribution in [0.25, 0.3) is 0 Å². The average Bonchev–Trinajstić information content (AvgIpc) is 2.89. The van der Waals surface area contributed by atoms with Crippen LogP contribution in [-0.4, -0.2) is 32.0 Å². The average molecular weight is 523 g/mol. The molecule has 0 saturated heterocycles. The molecule has 0 bridgehead atoms. The van der Waals surface area contributed by atoms with Crippen molar-refractivity contribution in [2.45, 2.75) is 19.1 Å². The zero-order valence-corrected chi connectivity index (χ0v) is 17.7. The number of halogens is 4. The maximum Gasteiger partial charge on any atom is 0.422 e. The molecule has 3 rings (SSSR count). The highest BCUT2D eigenvalue weighted by atomic mass is 127. The van der Waals surface area contributed by atoms with Crippen molar-refractivity contribution in [1.29, 1.82) is 0 Å². The Kier molecular flexibility index (Phi) is 8.23. The summed E-state index contributed by atoms with van der Waals surface area (Å²) in [5, 5.41) is 2.93. The summed E-state index contributed by atoms with van der Waals surface area (Å²) in [6.45, 7) is -0.135. The first-order valence-electron chi connectivity index (χ1n) is 8.65. The lowest BCUT2D eigenvalue weighted by molar-refractivity contribution is -0.153. The summed E-state index contributed by atoms with van der Waals surface area (Å²) < 4.78 is 53.1. The summed E-state index contributed by atoms with van der Waals surface area (Å²) in [6.07, 6.45) is -3.61. The predicted octanol–water partition coefficient (Wildman–Crippen LogP) is 4.33. The fourth-order valence-corrected chi connectivity index (χ4v) is 2.53. The molecule has 0 amide bonds. The minimum atomic E-state index is -4.41. The van der Waals surface area contributed by atoms with Crippen LogP contribution < -0.4 is 25.3 Å². The van der Waals surface area contributed by atoms with E-state index in [2.05, 4.69) is 10.3 Å². The molecule has 2 aromatic carbocycles. The normalized spacial score (nSPS) is 13.8. The molecule has 10 heteroatoms. The van der Waals surface area contributed by atoms with Crippen LogP contribution in [0.1, 0.15) is 12.0 Å². The van der Waals surface area contributed by atoms with Gasteiger partial charge in [-0.1, -0.05) is 18.2 Å². The quantitative estimate of drug-likeness (QED) is 0.347. The van der Waals surface area contributed by atoms with Crippen molar-refractivity contribution in [1.82, 2.24) is 0 Å². The Balaban J connectivity index is 0.00000300. The molecule has 0 unspecified atom stereocenters. The molecular weight excluding hydrogens is 502 g/mol. The number of anilines is 1. The first kappa shape index (κ1) is 22.9. The van der Waals surface area contributed by atoms with Gasteiger partial charge in [0.05, 0.1) is 19.8 Å². The van der Waals surface area contributed by atoms with Gasteiger partial charge in [-0.2, -0.15) is 13.2 Å². The highest BCUT2D eigenvalue weighted by Crippen LogP contribution is 2.32. The molecule has 0 aliphatic carbocycles. The lowest BCUT2D eigenvalue weighted by atomic mass is 10.2. The van der Waals surface area contributed by atoms with Crippen molar-refractivity contribution in [3.05, 3.63) is 48.0 Å². The summed E-state index contributed by atoms with van der Waals surface area (Å²) in [4.78, 5) is 4.18. The van der Waals surface area contributed by atoms with Crippen LogP contribution in [0.4, 0.5) is 18.9 Å². The molecule has 0 atom stereocenters. The molecule has 3 N–H and O–H groups in total. The van der Waals surface area contributed by atoms with Gasteiger partial charge < -0.3 is 25.3 Å². The second-order valence-corrected chi connectivity index (χ2v) is 6.05. The van der Waals surface area contributed by atoms with Gasteiger partial charge in [0.1, 0.15) is 5.75 Å². The van der Waals surface area contributed by atoms with E-state index in [0.29, 0.717) is 36.0 Å². The monoisotopic (exact) mass is 523 g/mol. The van der Waals surface area contributed by atoms with Gasteiger partial charge in [-0.25, -0.2) is 4.99 Å². The number of aliphatic imine (C=N–C) groups is 1. The highest BCUT2D eigenvalue weighted by molar-refractivity contribution is 14.0. The van der Waals surface area contributed by atoms with Gasteiger partial charge in [-0.15, -0.1) is 24.0 Å². The molecule has 29 heavy (non-hydrogen) atoms. The third-order valence-corrected chi connectivity index (χ3v) is 3.80. The first-order chi connectivity index (χ1) is 13.4. The summed E-state index contributed by atoms with van der Waals surface area (Å²) in [6, 6.07) is 11.7. The minimum absolute atomic E-state index is 0. The zero-order valence-electron chi connectivity index (χ0n) is 15.4. The first-order valence-corrected chi connectivity index (χ1v) is 8.65. The Morgan fingerprint density at radius 3 is 2.59 bits per heavy atom. The smallest absolute Gasteiger partial charge is 0.422 e. The number of nitrogens with zero attached hydrogens (tertiary/aromatic N) is 1. The third kappa shape index (κ3) is 7.18. The number of nitrogens with two attached hydrogens (primary N) is 1. The number of ether oxygens (including phenoxy) is 3. The summed E-state index contributed by atoms with van der Waals surface area (Å²) in [5.41, 5.74) is 7.05. The van der Waals surface area contributed by atoms with Gasteiger partial charge >= 0.3 is 6.18 Å². The van der Waals surface area contributed by atoms with E-state index in [1.54, 1.807) is 36.4 Å². The fraction of sp³-hybridized carbons (Fsp3) is 0.316. The SMILES string of the molecule is I.NC(=NCc1ccccc1OCC(F)(F)F)Nc1ccc2c(c1)OCCCO2. The second kappa shape index (κ2) is 10.4. The van der Waals surface area contributed by atoms with Gasteiger partial charge in [0.2, 0.25) is 0 Å². The molecule has 0 spiro atoms. The largest absolute Gasteiger partial charge is 0.490 e. The Hall–Kier alpha value is -2.37. The van der Waals surface area contributed by atoms with E-state index >= 15 is 0 Å². The number of nitrogens with one attached hydrogen (secondary N) is 1. The molecule has 1 heterocycles. The number of para-hydroxylation sites is 1. The van der Waals surface area contributed by atoms with Crippen molar-refractivity contribution >= 4 is 35.6 Å². The molecular formula is C19H21F3IN3O3. The number of hydrogen-bond acceptors (Lipinski definition) is 4. The van der Waals surface area contributed by atoms with Crippen LogP contribution in [0.5, 0.6) is 17.2 Å². The molecule has 2 aromatic rings. The minimum Gasteiger partial charge on any atom is -0.490 e. The van der Waals surface area contributed by atoms with Gasteiger partial charge in [0.25, 0.3) is 0 Å². The van der Waals surface area contributed by atoms with Crippen LogP contribution in [-0.2, 0) is 6.54 Å². The van der Waals surface area contributed by atoms with E-state index in [4.69, 9.17) is 19.9 Å². The Morgan fingerprint density at radius 1 is 1.10 bits per heavy atom. The Bertz CT molecular complexity index is 847. The fourth-order valence-electron chi connectivity index (χ4n) is 2.53. The molecule has 158 valence electrons. The van der Waals surface area contributed by atoms with Crippen molar-refractivity contribution in [2.24, 2.45) is 10.7 Å². The van der Waals surface area contributed by atoms with E-state index < -0.39 is 12.8 Å². The Morgan fingerprint density at radius 2 is 1.83 bits per heavy atom. The maximum absolute atomic E-state index is 12.4. The van der Waals surface area contributed by atoms with Crippen molar-refractivity contribution in [3.63, 3.8) is 0 Å². The topological polar surface area (TPSA) is 78.1 Å². The van der Waals surface area contributed by atoms with Crippen LogP contribution in [0.15, 0.2) is 47.5 Å². The molecule has 0 radical (unpaired) electrons. The number of guanidine groups is 1. The standard InChI is InChI=1S/C19H20F3N3O3.HI/c20-19(21,22)12-28-15-5-2-1-4-13(15)11-24-18(23)25-14-6-7-16-17(10-14)27-9-3-8-26-16;/h1-2,4-7,10H,3,8-9,11-12H2,(H3,23,24,25);1H. The lowest BCUT2D eigenvalue weighted by Gasteiger charge is -2.13. The predicted molar refractivity (Wildman–Crippen MR) is 114 cm³/mol. The third-order valence-electron chi connectivity index (χ3n) is 3.80. The van der Waals surface area contributed by atoms with E-state index in [-0.39, 0.29) is 42.2 Å². The highest BCUT2D eigenvalue weighted by Gasteiger charge is 2.28. The summed E-state index contributed by atoms with van der Waals surface area (Å²) >= 11 is 0. The number of benzene rings is 2. The van der Waals surface area contributed by atoms with Crippen LogP contribution >= 0.6 is 24.0 Å². The van der Waals surface area contributed by atoms with Crippen LogP contribution in [0, 0.1) is 0 Å². The van der Waals surface area contributed by atoms with Gasteiger partial charge in [0.15, 0.2) is 24.1 Å². The van der Waals surface area contributed by atoms with Gasteiger partial charge in [-0.05, 0) is 18.2 Å². The number of fused-ring (bicyclic) bond motifs is 1. The van der Waals surface area contributed by atoms with E-state index in [1.165, 1.54) is 6.07 Å². The number of rotatable bonds is 5. The molecule has 0 fully saturated rings. The van der Waals surface area contributed by atoms with Crippen molar-refractivity contribution in [3.8, 4) is 17.2 Å². The molecule has 0 saturated carbocycles. The molecule has 0 aromatic heterocycles. The zero-order chi connectivity index (χ0) is 20.0. The van der Waals surface area contributed by atoms with E-state index in [9.17, 15) is 13.2 Å². The molecule has 1 aliphatic heterocycles. The van der Waals surface area contributed by atoms with E-state index in [1.807, 2.05) is 0 Å². The van der Waals surface area contributed by atoms with E-state index in [0.717, 1.165) is 6.42 Å².